The quantitative estimate of drug-likeness (QED) is 0.523. The van der Waals surface area contributed by atoms with Gasteiger partial charge in [-0.05, 0) is 59.7 Å². The first-order chi connectivity index (χ1) is 14.1. The summed E-state index contributed by atoms with van der Waals surface area (Å²) in [6.07, 6.45) is 3.36. The molecule has 0 saturated heterocycles. The monoisotopic (exact) mass is 390 g/mol. The zero-order chi connectivity index (χ0) is 20.2. The predicted molar refractivity (Wildman–Crippen MR) is 106 cm³/mol. The molecule has 0 bridgehead atoms. The van der Waals surface area contributed by atoms with Crippen LogP contribution < -0.4 is 5.32 Å². The molecule has 0 unspecified atom stereocenters. The maximum atomic E-state index is 13.3. The van der Waals surface area contributed by atoms with Crippen LogP contribution in [0.1, 0.15) is 5.56 Å². The van der Waals surface area contributed by atoms with Crippen LogP contribution in [0.4, 0.5) is 14.6 Å². The molecule has 0 radical (unpaired) electrons. The maximum Gasteiger partial charge on any atom is 0.230 e. The molecule has 0 fully saturated rings. The van der Waals surface area contributed by atoms with E-state index in [4.69, 9.17) is 0 Å². The van der Waals surface area contributed by atoms with Gasteiger partial charge in [-0.25, -0.2) is 8.78 Å². The molecule has 144 valence electrons. The molecule has 5 nitrogen and oxygen atoms in total. The second-order valence-electron chi connectivity index (χ2n) is 6.42. The Morgan fingerprint density at radius 1 is 0.862 bits per heavy atom. The summed E-state index contributed by atoms with van der Waals surface area (Å²) < 4.78 is 26.4. The van der Waals surface area contributed by atoms with Crippen LogP contribution in [0, 0.1) is 11.6 Å². The van der Waals surface area contributed by atoms with Gasteiger partial charge in [0, 0.05) is 18.0 Å². The number of rotatable bonds is 5. The Morgan fingerprint density at radius 2 is 1.48 bits per heavy atom. The van der Waals surface area contributed by atoms with Crippen LogP contribution in [0.2, 0.25) is 0 Å². The molecule has 0 spiro atoms. The molecule has 0 atom stereocenters. The van der Waals surface area contributed by atoms with E-state index in [1.807, 2.05) is 0 Å². The normalized spacial score (nSPS) is 10.7. The van der Waals surface area contributed by atoms with Gasteiger partial charge in [0.15, 0.2) is 5.82 Å². The average Bonchev–Trinajstić information content (AvgIpc) is 3.14. The SMILES string of the molecule is O=C(Cc1ccc(F)cc1)Nc1n[nH]c(-c2ccc(F)cc2)c1-c1ccncc1. The van der Waals surface area contributed by atoms with E-state index in [0.29, 0.717) is 22.6 Å². The number of benzene rings is 2. The molecular formula is C22H16F2N4O. The standard InChI is InChI=1S/C22H16F2N4O/c23-17-5-1-14(2-6-17)13-19(29)26-22-20(15-9-11-25-12-10-15)21(27-28-22)16-3-7-18(24)8-4-16/h1-12H,13H2,(H2,26,27,28,29). The lowest BCUT2D eigenvalue weighted by atomic mass is 10.0. The minimum atomic E-state index is -0.356. The van der Waals surface area contributed by atoms with Crippen molar-refractivity contribution in [3.63, 3.8) is 0 Å². The fourth-order valence-electron chi connectivity index (χ4n) is 3.02. The zero-order valence-electron chi connectivity index (χ0n) is 15.2. The molecular weight excluding hydrogens is 374 g/mol. The van der Waals surface area contributed by atoms with Crippen molar-refractivity contribution in [3.8, 4) is 22.4 Å². The third-order valence-electron chi connectivity index (χ3n) is 4.40. The van der Waals surface area contributed by atoms with E-state index in [1.165, 1.54) is 24.3 Å². The summed E-state index contributed by atoms with van der Waals surface area (Å²) in [6.45, 7) is 0. The number of carbonyl (C=O) groups excluding carboxylic acids is 1. The Bertz CT molecular complexity index is 1120. The van der Waals surface area contributed by atoms with E-state index in [2.05, 4.69) is 20.5 Å². The second kappa shape index (κ2) is 8.02. The number of aromatic nitrogens is 3. The number of pyridine rings is 1. The van der Waals surface area contributed by atoms with Crippen molar-refractivity contribution in [1.29, 1.82) is 0 Å². The number of hydrogen-bond acceptors (Lipinski definition) is 3. The number of carbonyl (C=O) groups is 1. The number of H-pyrrole nitrogens is 1. The van der Waals surface area contributed by atoms with E-state index in [-0.39, 0.29) is 24.0 Å². The van der Waals surface area contributed by atoms with Crippen LogP contribution in [-0.2, 0) is 11.2 Å². The third-order valence-corrected chi connectivity index (χ3v) is 4.40. The van der Waals surface area contributed by atoms with Gasteiger partial charge in [-0.3, -0.25) is 14.9 Å². The van der Waals surface area contributed by atoms with E-state index >= 15 is 0 Å². The van der Waals surface area contributed by atoms with E-state index < -0.39 is 0 Å². The average molecular weight is 390 g/mol. The van der Waals surface area contributed by atoms with E-state index in [1.54, 1.807) is 48.8 Å². The largest absolute Gasteiger partial charge is 0.308 e. The van der Waals surface area contributed by atoms with Gasteiger partial charge in [0.2, 0.25) is 5.91 Å². The van der Waals surface area contributed by atoms with Crippen molar-refractivity contribution in [1.82, 2.24) is 15.2 Å². The minimum absolute atomic E-state index is 0.0782. The van der Waals surface area contributed by atoms with E-state index in [0.717, 1.165) is 11.1 Å². The van der Waals surface area contributed by atoms with Crippen molar-refractivity contribution in [2.24, 2.45) is 0 Å². The maximum absolute atomic E-state index is 13.3. The number of nitrogens with zero attached hydrogens (tertiary/aromatic N) is 2. The first kappa shape index (κ1) is 18.5. The molecule has 2 aromatic heterocycles. The van der Waals surface area contributed by atoms with Gasteiger partial charge in [-0.2, -0.15) is 5.10 Å². The van der Waals surface area contributed by atoms with Crippen molar-refractivity contribution in [3.05, 3.63) is 90.3 Å². The molecule has 0 saturated carbocycles. The number of aromatic amines is 1. The molecule has 2 aromatic carbocycles. The summed E-state index contributed by atoms with van der Waals surface area (Å²) in [5, 5.41) is 9.99. The number of amides is 1. The summed E-state index contributed by atoms with van der Waals surface area (Å²) in [7, 11) is 0. The highest BCUT2D eigenvalue weighted by atomic mass is 19.1. The summed E-state index contributed by atoms with van der Waals surface area (Å²) in [6, 6.07) is 15.3. The molecule has 2 N–H and O–H groups in total. The molecule has 4 aromatic rings. The number of halogens is 2. The van der Waals surface area contributed by atoms with Gasteiger partial charge >= 0.3 is 0 Å². The fraction of sp³-hybridized carbons (Fsp3) is 0.0455. The van der Waals surface area contributed by atoms with Crippen molar-refractivity contribution >= 4 is 11.7 Å². The van der Waals surface area contributed by atoms with Gasteiger partial charge in [0.05, 0.1) is 17.7 Å². The lowest BCUT2D eigenvalue weighted by Crippen LogP contribution is -2.15. The summed E-state index contributed by atoms with van der Waals surface area (Å²) in [5.74, 6) is -0.636. The number of anilines is 1. The first-order valence-corrected chi connectivity index (χ1v) is 8.89. The Balaban J connectivity index is 1.67. The van der Waals surface area contributed by atoms with Gasteiger partial charge in [-0.1, -0.05) is 12.1 Å². The molecule has 29 heavy (non-hydrogen) atoms. The van der Waals surface area contributed by atoms with Crippen LogP contribution in [0.3, 0.4) is 0 Å². The number of nitrogens with one attached hydrogen (secondary N) is 2. The van der Waals surface area contributed by atoms with Crippen LogP contribution in [0.25, 0.3) is 22.4 Å². The number of hydrogen-bond donors (Lipinski definition) is 2. The molecule has 4 rings (SSSR count). The smallest absolute Gasteiger partial charge is 0.230 e. The van der Waals surface area contributed by atoms with Crippen molar-refractivity contribution < 1.29 is 13.6 Å². The summed E-state index contributed by atoms with van der Waals surface area (Å²) in [4.78, 5) is 16.5. The lowest BCUT2D eigenvalue weighted by molar-refractivity contribution is -0.115. The van der Waals surface area contributed by atoms with Crippen LogP contribution in [0.5, 0.6) is 0 Å². The van der Waals surface area contributed by atoms with Crippen LogP contribution >= 0.6 is 0 Å². The highest BCUT2D eigenvalue weighted by Crippen LogP contribution is 2.35. The van der Waals surface area contributed by atoms with Crippen molar-refractivity contribution in [2.45, 2.75) is 6.42 Å². The Morgan fingerprint density at radius 3 is 2.14 bits per heavy atom. The summed E-state index contributed by atoms with van der Waals surface area (Å²) in [5.41, 5.74) is 3.53. The highest BCUT2D eigenvalue weighted by Gasteiger charge is 2.18. The molecule has 1 amide bonds. The summed E-state index contributed by atoms with van der Waals surface area (Å²) >= 11 is 0. The molecule has 2 heterocycles. The van der Waals surface area contributed by atoms with Crippen molar-refractivity contribution in [2.75, 3.05) is 5.32 Å². The van der Waals surface area contributed by atoms with Crippen LogP contribution in [0.15, 0.2) is 73.1 Å². The molecule has 0 aliphatic heterocycles. The third kappa shape index (κ3) is 4.19. The molecule has 0 aliphatic rings. The van der Waals surface area contributed by atoms with Gasteiger partial charge < -0.3 is 5.32 Å². The Kier molecular flexibility index (Phi) is 5.11. The van der Waals surface area contributed by atoms with E-state index in [9.17, 15) is 13.6 Å². The Labute approximate surface area is 165 Å². The lowest BCUT2D eigenvalue weighted by Gasteiger charge is -2.08. The first-order valence-electron chi connectivity index (χ1n) is 8.89. The zero-order valence-corrected chi connectivity index (χ0v) is 15.2. The highest BCUT2D eigenvalue weighted by molar-refractivity contribution is 5.98. The second-order valence-corrected chi connectivity index (χ2v) is 6.42. The predicted octanol–water partition coefficient (Wildman–Crippen LogP) is 4.60. The van der Waals surface area contributed by atoms with Gasteiger partial charge in [0.25, 0.3) is 0 Å². The molecule has 7 heteroatoms. The Hall–Kier alpha value is -3.87. The van der Waals surface area contributed by atoms with Gasteiger partial charge in [-0.15, -0.1) is 0 Å². The van der Waals surface area contributed by atoms with Crippen LogP contribution in [-0.4, -0.2) is 21.1 Å². The van der Waals surface area contributed by atoms with Gasteiger partial charge in [0.1, 0.15) is 11.6 Å². The molecule has 0 aliphatic carbocycles. The fourth-order valence-corrected chi connectivity index (χ4v) is 3.02. The minimum Gasteiger partial charge on any atom is -0.308 e. The topological polar surface area (TPSA) is 70.7 Å².